The van der Waals surface area contributed by atoms with Crippen LogP contribution in [0.1, 0.15) is 21.5 Å². The van der Waals surface area contributed by atoms with Crippen molar-refractivity contribution in [3.63, 3.8) is 0 Å². The summed E-state index contributed by atoms with van der Waals surface area (Å²) in [6, 6.07) is 17.9. The van der Waals surface area contributed by atoms with Crippen molar-refractivity contribution in [1.82, 2.24) is 9.80 Å². The van der Waals surface area contributed by atoms with Crippen LogP contribution in [0.4, 0.5) is 0 Å². The van der Waals surface area contributed by atoms with Crippen molar-refractivity contribution >= 4 is 11.9 Å². The fourth-order valence-electron chi connectivity index (χ4n) is 2.97. The zero-order valence-corrected chi connectivity index (χ0v) is 14.2. The lowest BCUT2D eigenvalue weighted by atomic mass is 10.0. The summed E-state index contributed by atoms with van der Waals surface area (Å²) in [4.78, 5) is 17.4. The third kappa shape index (κ3) is 4.40. The largest absolute Gasteiger partial charge is 0.304 e. The molecule has 3 nitrogen and oxygen atoms in total. The van der Waals surface area contributed by atoms with Crippen molar-refractivity contribution in [1.29, 1.82) is 0 Å². The van der Waals surface area contributed by atoms with Gasteiger partial charge in [-0.2, -0.15) is 0 Å². The predicted octanol–water partition coefficient (Wildman–Crippen LogP) is 3.33. The van der Waals surface area contributed by atoms with Crippen LogP contribution >= 0.6 is 0 Å². The third-order valence-corrected chi connectivity index (χ3v) is 4.50. The van der Waals surface area contributed by atoms with Crippen molar-refractivity contribution in [3.8, 4) is 0 Å². The van der Waals surface area contributed by atoms with Crippen LogP contribution in [0.2, 0.25) is 0 Å². The Hall–Kier alpha value is -2.23. The molecule has 0 saturated carbocycles. The molecule has 0 unspecified atom stereocenters. The van der Waals surface area contributed by atoms with Gasteiger partial charge in [-0.15, -0.1) is 0 Å². The summed E-state index contributed by atoms with van der Waals surface area (Å²) >= 11 is 0. The maximum absolute atomic E-state index is 12.6. The first-order chi connectivity index (χ1) is 11.7. The minimum Gasteiger partial charge on any atom is -0.304 e. The Bertz CT molecular complexity index is 701. The molecule has 1 aliphatic rings. The summed E-state index contributed by atoms with van der Waals surface area (Å²) in [5, 5.41) is 0. The van der Waals surface area contributed by atoms with Crippen LogP contribution in [0.15, 0.2) is 60.7 Å². The topological polar surface area (TPSA) is 23.6 Å². The molecule has 124 valence electrons. The Morgan fingerprint density at radius 1 is 0.958 bits per heavy atom. The Morgan fingerprint density at radius 2 is 1.62 bits per heavy atom. The molecule has 0 aromatic heterocycles. The second-order valence-corrected chi connectivity index (χ2v) is 6.34. The third-order valence-electron chi connectivity index (χ3n) is 4.50. The average molecular weight is 320 g/mol. The first kappa shape index (κ1) is 16.6. The van der Waals surface area contributed by atoms with E-state index in [-0.39, 0.29) is 5.78 Å². The molecule has 0 aliphatic carbocycles. The second-order valence-electron chi connectivity index (χ2n) is 6.34. The Morgan fingerprint density at radius 3 is 2.38 bits per heavy atom. The van der Waals surface area contributed by atoms with Gasteiger partial charge in [0, 0.05) is 38.3 Å². The molecule has 1 aliphatic heterocycles. The molecular formula is C21H24N2O. The summed E-state index contributed by atoms with van der Waals surface area (Å²) < 4.78 is 0. The molecule has 0 bridgehead atoms. The lowest BCUT2D eigenvalue weighted by molar-refractivity contribution is 0.104. The number of nitrogens with zero attached hydrogens (tertiary/aromatic N) is 2. The second kappa shape index (κ2) is 8.04. The van der Waals surface area contributed by atoms with E-state index in [9.17, 15) is 4.79 Å². The van der Waals surface area contributed by atoms with Gasteiger partial charge < -0.3 is 4.90 Å². The molecule has 1 heterocycles. The number of carbonyl (C=O) groups excluding carboxylic acids is 1. The van der Waals surface area contributed by atoms with Gasteiger partial charge in [0.25, 0.3) is 0 Å². The van der Waals surface area contributed by atoms with Gasteiger partial charge in [0.2, 0.25) is 0 Å². The van der Waals surface area contributed by atoms with Gasteiger partial charge in [-0.05, 0) is 24.3 Å². The molecule has 3 rings (SSSR count). The highest BCUT2D eigenvalue weighted by Gasteiger charge is 2.16. The summed E-state index contributed by atoms with van der Waals surface area (Å²) in [6.45, 7) is 5.13. The van der Waals surface area contributed by atoms with Gasteiger partial charge in [0.05, 0.1) is 0 Å². The van der Waals surface area contributed by atoms with E-state index in [1.165, 1.54) is 0 Å². The normalized spacial score (nSPS) is 16.5. The van der Waals surface area contributed by atoms with Crippen molar-refractivity contribution in [2.45, 2.75) is 6.54 Å². The highest BCUT2D eigenvalue weighted by atomic mass is 16.1. The highest BCUT2D eigenvalue weighted by Crippen LogP contribution is 2.15. The Kier molecular flexibility index (Phi) is 5.57. The van der Waals surface area contributed by atoms with Crippen LogP contribution in [0.3, 0.4) is 0 Å². The molecule has 2 aromatic rings. The quantitative estimate of drug-likeness (QED) is 0.624. The van der Waals surface area contributed by atoms with E-state index in [0.29, 0.717) is 0 Å². The predicted molar refractivity (Wildman–Crippen MR) is 99.0 cm³/mol. The van der Waals surface area contributed by atoms with Crippen LogP contribution in [-0.2, 0) is 6.54 Å². The van der Waals surface area contributed by atoms with Crippen molar-refractivity contribution in [2.24, 2.45) is 0 Å². The van der Waals surface area contributed by atoms with E-state index in [1.54, 1.807) is 6.08 Å². The van der Waals surface area contributed by atoms with Gasteiger partial charge in [-0.1, -0.05) is 60.7 Å². The maximum Gasteiger partial charge on any atom is 0.186 e. The molecule has 1 saturated heterocycles. The first-order valence-corrected chi connectivity index (χ1v) is 8.48. The molecule has 0 amide bonds. The van der Waals surface area contributed by atoms with E-state index >= 15 is 0 Å². The number of rotatable bonds is 5. The van der Waals surface area contributed by atoms with Crippen molar-refractivity contribution < 1.29 is 4.79 Å². The van der Waals surface area contributed by atoms with Gasteiger partial charge >= 0.3 is 0 Å². The summed E-state index contributed by atoms with van der Waals surface area (Å²) in [5.41, 5.74) is 2.97. The van der Waals surface area contributed by atoms with E-state index in [0.717, 1.165) is 49.4 Å². The van der Waals surface area contributed by atoms with Gasteiger partial charge in [-0.3, -0.25) is 9.69 Å². The summed E-state index contributed by atoms with van der Waals surface area (Å²) in [7, 11) is 2.16. The minimum absolute atomic E-state index is 0.0728. The van der Waals surface area contributed by atoms with Crippen molar-refractivity contribution in [2.75, 3.05) is 33.2 Å². The van der Waals surface area contributed by atoms with Crippen LogP contribution < -0.4 is 0 Å². The van der Waals surface area contributed by atoms with Gasteiger partial charge in [0.15, 0.2) is 5.78 Å². The van der Waals surface area contributed by atoms with Crippen LogP contribution in [0.25, 0.3) is 6.08 Å². The number of allylic oxidation sites excluding steroid dienone is 1. The van der Waals surface area contributed by atoms with Crippen LogP contribution in [0, 0.1) is 0 Å². The maximum atomic E-state index is 12.6. The highest BCUT2D eigenvalue weighted by molar-refractivity contribution is 6.07. The molecular weight excluding hydrogens is 296 g/mol. The summed E-state index contributed by atoms with van der Waals surface area (Å²) in [6.07, 6.45) is 3.56. The molecule has 24 heavy (non-hydrogen) atoms. The molecule has 2 aromatic carbocycles. The Labute approximate surface area is 144 Å². The van der Waals surface area contributed by atoms with Gasteiger partial charge in [0.1, 0.15) is 0 Å². The van der Waals surface area contributed by atoms with E-state index in [2.05, 4.69) is 22.9 Å². The van der Waals surface area contributed by atoms with E-state index < -0.39 is 0 Å². The van der Waals surface area contributed by atoms with Crippen LogP contribution in [0.5, 0.6) is 0 Å². The van der Waals surface area contributed by atoms with E-state index in [1.807, 2.05) is 54.6 Å². The average Bonchev–Trinajstić information content (AvgIpc) is 2.63. The minimum atomic E-state index is 0.0728. The number of hydrogen-bond donors (Lipinski definition) is 0. The number of piperazine rings is 1. The Balaban J connectivity index is 1.71. The molecule has 0 radical (unpaired) electrons. The number of likely N-dealkylation sites (N-methyl/N-ethyl adjacent to an activating group) is 1. The lowest BCUT2D eigenvalue weighted by Crippen LogP contribution is -2.44. The number of carbonyl (C=O) groups is 1. The van der Waals surface area contributed by atoms with Crippen LogP contribution in [-0.4, -0.2) is 48.8 Å². The molecule has 1 fully saturated rings. The molecule has 0 atom stereocenters. The number of ketones is 1. The number of hydrogen-bond acceptors (Lipinski definition) is 3. The standard InChI is InChI=1S/C21H24N2O/c1-22-13-15-23(16-14-22)17-19-9-5-6-10-20(19)21(24)12-11-18-7-3-2-4-8-18/h2-12H,13-17H2,1H3/b12-11+. The lowest BCUT2D eigenvalue weighted by Gasteiger charge is -2.32. The number of benzene rings is 2. The smallest absolute Gasteiger partial charge is 0.186 e. The fourth-order valence-corrected chi connectivity index (χ4v) is 2.97. The summed E-state index contributed by atoms with van der Waals surface area (Å²) in [5.74, 6) is 0.0728. The zero-order valence-electron chi connectivity index (χ0n) is 14.2. The fraction of sp³-hybridized carbons (Fsp3) is 0.286. The molecule has 3 heteroatoms. The van der Waals surface area contributed by atoms with Crippen molar-refractivity contribution in [3.05, 3.63) is 77.4 Å². The monoisotopic (exact) mass is 320 g/mol. The molecule has 0 N–H and O–H groups in total. The SMILES string of the molecule is CN1CCN(Cc2ccccc2C(=O)/C=C/c2ccccc2)CC1. The van der Waals surface area contributed by atoms with Gasteiger partial charge in [-0.25, -0.2) is 0 Å². The zero-order chi connectivity index (χ0) is 16.8. The molecule has 0 spiro atoms. The van der Waals surface area contributed by atoms with E-state index in [4.69, 9.17) is 0 Å². The first-order valence-electron chi connectivity index (χ1n) is 8.48.